The first-order chi connectivity index (χ1) is 15.5. The Morgan fingerprint density at radius 3 is 2.34 bits per heavy atom. The van der Waals surface area contributed by atoms with Crippen LogP contribution >= 0.6 is 27.7 Å². The standard InChI is InChI=1S/C25H31BrN2O3S/c1-18(25(30)27-22-5-3-4-6-22)28(15-19-7-11-21(26)12-8-19)24(29)17-32-16-20-9-13-23(31-2)14-10-20/h7-14,18,22H,3-6,15-17H2,1-2H3,(H,27,30). The number of nitrogens with zero attached hydrogens (tertiary/aromatic N) is 1. The van der Waals surface area contributed by atoms with Gasteiger partial charge in [-0.1, -0.05) is 53.0 Å². The van der Waals surface area contributed by atoms with Crippen LogP contribution in [0.3, 0.4) is 0 Å². The van der Waals surface area contributed by atoms with Crippen LogP contribution in [0.5, 0.6) is 5.75 Å². The van der Waals surface area contributed by atoms with Crippen molar-refractivity contribution in [1.29, 1.82) is 0 Å². The van der Waals surface area contributed by atoms with Crippen LogP contribution in [-0.2, 0) is 21.9 Å². The molecule has 1 unspecified atom stereocenters. The molecule has 32 heavy (non-hydrogen) atoms. The molecule has 3 rings (SSSR count). The first-order valence-corrected chi connectivity index (χ1v) is 13.0. The summed E-state index contributed by atoms with van der Waals surface area (Å²) in [5.74, 6) is 1.77. The van der Waals surface area contributed by atoms with Crippen molar-refractivity contribution in [2.24, 2.45) is 0 Å². The molecule has 1 fully saturated rings. The minimum atomic E-state index is -0.520. The number of hydrogen-bond donors (Lipinski definition) is 1. The molecule has 2 aromatic carbocycles. The molecule has 0 aliphatic heterocycles. The number of halogens is 1. The van der Waals surface area contributed by atoms with Crippen LogP contribution in [0.15, 0.2) is 53.0 Å². The Morgan fingerprint density at radius 1 is 1.09 bits per heavy atom. The maximum Gasteiger partial charge on any atom is 0.242 e. The Kier molecular flexibility index (Phi) is 9.48. The summed E-state index contributed by atoms with van der Waals surface area (Å²) >= 11 is 5.01. The minimum Gasteiger partial charge on any atom is -0.497 e. The van der Waals surface area contributed by atoms with E-state index in [0.29, 0.717) is 12.3 Å². The third-order valence-corrected chi connectivity index (χ3v) is 7.31. The van der Waals surface area contributed by atoms with E-state index < -0.39 is 6.04 Å². The zero-order valence-corrected chi connectivity index (χ0v) is 21.1. The van der Waals surface area contributed by atoms with E-state index >= 15 is 0 Å². The summed E-state index contributed by atoms with van der Waals surface area (Å²) in [6, 6.07) is 15.5. The summed E-state index contributed by atoms with van der Waals surface area (Å²) < 4.78 is 6.18. The third kappa shape index (κ3) is 7.27. The Bertz CT molecular complexity index is 883. The van der Waals surface area contributed by atoms with Crippen LogP contribution in [0.1, 0.15) is 43.7 Å². The largest absolute Gasteiger partial charge is 0.497 e. The van der Waals surface area contributed by atoms with Gasteiger partial charge in [0.05, 0.1) is 12.9 Å². The highest BCUT2D eigenvalue weighted by atomic mass is 79.9. The Hall–Kier alpha value is -1.99. The predicted molar refractivity (Wildman–Crippen MR) is 134 cm³/mol. The topological polar surface area (TPSA) is 58.6 Å². The van der Waals surface area contributed by atoms with Gasteiger partial charge < -0.3 is 15.0 Å². The highest BCUT2D eigenvalue weighted by Gasteiger charge is 2.28. The van der Waals surface area contributed by atoms with Crippen LogP contribution in [0, 0.1) is 0 Å². The zero-order chi connectivity index (χ0) is 22.9. The van der Waals surface area contributed by atoms with E-state index in [2.05, 4.69) is 21.2 Å². The maximum absolute atomic E-state index is 13.2. The van der Waals surface area contributed by atoms with Crippen molar-refractivity contribution in [1.82, 2.24) is 10.2 Å². The van der Waals surface area contributed by atoms with Crippen molar-refractivity contribution in [2.45, 2.75) is 57.0 Å². The minimum absolute atomic E-state index is 0.0273. The molecule has 2 aromatic rings. The average Bonchev–Trinajstić information content (AvgIpc) is 3.31. The molecular formula is C25H31BrN2O3S. The van der Waals surface area contributed by atoms with Crippen molar-refractivity contribution < 1.29 is 14.3 Å². The lowest BCUT2D eigenvalue weighted by molar-refractivity contribution is -0.138. The summed E-state index contributed by atoms with van der Waals surface area (Å²) in [6.45, 7) is 2.24. The van der Waals surface area contributed by atoms with E-state index in [9.17, 15) is 9.59 Å². The second-order valence-corrected chi connectivity index (χ2v) is 10.1. The first kappa shape index (κ1) is 24.6. The quantitative estimate of drug-likeness (QED) is 0.471. The van der Waals surface area contributed by atoms with Gasteiger partial charge in [-0.3, -0.25) is 9.59 Å². The molecule has 0 aromatic heterocycles. The smallest absolute Gasteiger partial charge is 0.242 e. The zero-order valence-electron chi connectivity index (χ0n) is 18.7. The molecule has 1 saturated carbocycles. The molecule has 1 aliphatic carbocycles. The summed E-state index contributed by atoms with van der Waals surface area (Å²) in [4.78, 5) is 27.8. The number of carbonyl (C=O) groups is 2. The van der Waals surface area contributed by atoms with Gasteiger partial charge in [0.2, 0.25) is 11.8 Å². The van der Waals surface area contributed by atoms with Gasteiger partial charge in [0.1, 0.15) is 11.8 Å². The highest BCUT2D eigenvalue weighted by Crippen LogP contribution is 2.21. The Balaban J connectivity index is 1.63. The molecule has 0 bridgehead atoms. The first-order valence-electron chi connectivity index (χ1n) is 11.0. The molecule has 2 amide bonds. The normalized spacial score (nSPS) is 14.7. The van der Waals surface area contributed by atoms with Gasteiger partial charge in [-0.2, -0.15) is 0 Å². The highest BCUT2D eigenvalue weighted by molar-refractivity contribution is 9.10. The molecule has 7 heteroatoms. The van der Waals surface area contributed by atoms with Crippen molar-refractivity contribution in [2.75, 3.05) is 12.9 Å². The van der Waals surface area contributed by atoms with Crippen LogP contribution < -0.4 is 10.1 Å². The van der Waals surface area contributed by atoms with Crippen molar-refractivity contribution in [3.63, 3.8) is 0 Å². The second-order valence-electron chi connectivity index (χ2n) is 8.15. The molecular weight excluding hydrogens is 488 g/mol. The summed E-state index contributed by atoms with van der Waals surface area (Å²) in [5, 5.41) is 3.14. The maximum atomic E-state index is 13.2. The van der Waals surface area contributed by atoms with Crippen molar-refractivity contribution in [3.05, 3.63) is 64.1 Å². The van der Waals surface area contributed by atoms with Crippen molar-refractivity contribution >= 4 is 39.5 Å². The average molecular weight is 520 g/mol. The van der Waals surface area contributed by atoms with E-state index in [1.165, 1.54) is 0 Å². The second kappa shape index (κ2) is 12.3. The van der Waals surface area contributed by atoms with Gasteiger partial charge in [0.25, 0.3) is 0 Å². The number of hydrogen-bond acceptors (Lipinski definition) is 4. The number of thioether (sulfide) groups is 1. The number of carbonyl (C=O) groups excluding carboxylic acids is 2. The van der Waals surface area contributed by atoms with Gasteiger partial charge >= 0.3 is 0 Å². The van der Waals surface area contributed by atoms with Gasteiger partial charge in [0, 0.05) is 22.8 Å². The van der Waals surface area contributed by atoms with Gasteiger partial charge in [-0.25, -0.2) is 0 Å². The monoisotopic (exact) mass is 518 g/mol. The molecule has 5 nitrogen and oxygen atoms in total. The number of benzene rings is 2. The Labute approximate surface area is 203 Å². The lowest BCUT2D eigenvalue weighted by Crippen LogP contribution is -2.50. The third-order valence-electron chi connectivity index (χ3n) is 5.79. The molecule has 172 valence electrons. The number of ether oxygens (including phenoxy) is 1. The number of methoxy groups -OCH3 is 1. The lowest BCUT2D eigenvalue weighted by Gasteiger charge is -2.29. The molecule has 0 saturated heterocycles. The summed E-state index contributed by atoms with van der Waals surface area (Å²) in [6.07, 6.45) is 4.36. The van der Waals surface area contributed by atoms with E-state index in [0.717, 1.165) is 52.8 Å². The fraction of sp³-hybridized carbons (Fsp3) is 0.440. The molecule has 1 N–H and O–H groups in total. The summed E-state index contributed by atoms with van der Waals surface area (Å²) in [5.41, 5.74) is 2.14. The predicted octanol–water partition coefficient (Wildman–Crippen LogP) is 5.17. The Morgan fingerprint density at radius 2 is 1.72 bits per heavy atom. The molecule has 0 radical (unpaired) electrons. The molecule has 0 heterocycles. The SMILES string of the molecule is COc1ccc(CSCC(=O)N(Cc2ccc(Br)cc2)C(C)C(=O)NC2CCCC2)cc1. The van der Waals surface area contributed by atoms with Crippen molar-refractivity contribution in [3.8, 4) is 5.75 Å². The fourth-order valence-electron chi connectivity index (χ4n) is 3.82. The van der Waals surface area contributed by atoms with Crippen LogP contribution in [-0.4, -0.2) is 41.7 Å². The summed E-state index contributed by atoms with van der Waals surface area (Å²) in [7, 11) is 1.65. The number of amides is 2. The number of nitrogens with one attached hydrogen (secondary N) is 1. The van der Waals surface area contributed by atoms with E-state index in [1.807, 2.05) is 55.5 Å². The molecule has 0 spiro atoms. The van der Waals surface area contributed by atoms with Crippen LogP contribution in [0.25, 0.3) is 0 Å². The van der Waals surface area contributed by atoms with Gasteiger partial charge in [0.15, 0.2) is 0 Å². The van der Waals surface area contributed by atoms with Crippen LogP contribution in [0.4, 0.5) is 0 Å². The van der Waals surface area contributed by atoms with Crippen LogP contribution in [0.2, 0.25) is 0 Å². The van der Waals surface area contributed by atoms with Gasteiger partial charge in [-0.05, 0) is 55.2 Å². The lowest BCUT2D eigenvalue weighted by atomic mass is 10.1. The van der Waals surface area contributed by atoms with Gasteiger partial charge in [-0.15, -0.1) is 11.8 Å². The molecule has 1 atom stereocenters. The van der Waals surface area contributed by atoms with E-state index in [4.69, 9.17) is 4.74 Å². The van der Waals surface area contributed by atoms with E-state index in [1.54, 1.807) is 23.8 Å². The molecule has 1 aliphatic rings. The van der Waals surface area contributed by atoms with E-state index in [-0.39, 0.29) is 17.9 Å². The fourth-order valence-corrected chi connectivity index (χ4v) is 4.96. The number of rotatable bonds is 10.